The van der Waals surface area contributed by atoms with Crippen molar-refractivity contribution in [1.82, 2.24) is 4.90 Å². The Hall–Kier alpha value is -4.13. The number of carbonyl (C=O) groups is 3. The van der Waals surface area contributed by atoms with Crippen molar-refractivity contribution in [2.45, 2.75) is 26.7 Å². The van der Waals surface area contributed by atoms with Crippen molar-refractivity contribution in [2.24, 2.45) is 0 Å². The van der Waals surface area contributed by atoms with Crippen LogP contribution in [0.2, 0.25) is 0 Å². The second kappa shape index (κ2) is 12.9. The van der Waals surface area contributed by atoms with Gasteiger partial charge >= 0.3 is 0 Å². The van der Waals surface area contributed by atoms with Crippen LogP contribution in [-0.4, -0.2) is 42.3 Å². The Kier molecular flexibility index (Phi) is 9.42. The average Bonchev–Trinajstić information content (AvgIpc) is 2.89. The van der Waals surface area contributed by atoms with Crippen LogP contribution in [0.1, 0.15) is 36.2 Å². The van der Waals surface area contributed by atoms with E-state index in [0.29, 0.717) is 48.6 Å². The molecule has 3 aromatic rings. The highest BCUT2D eigenvalue weighted by Gasteiger charge is 2.13. The van der Waals surface area contributed by atoms with E-state index in [2.05, 4.69) is 16.0 Å². The number of aryl methyl sites for hydroxylation is 1. The third-order valence-electron chi connectivity index (χ3n) is 5.55. The molecule has 3 aromatic carbocycles. The van der Waals surface area contributed by atoms with Gasteiger partial charge in [-0.15, -0.1) is 0 Å². The highest BCUT2D eigenvalue weighted by Crippen LogP contribution is 2.15. The maximum absolute atomic E-state index is 12.5. The fourth-order valence-corrected chi connectivity index (χ4v) is 3.61. The molecule has 0 radical (unpaired) electrons. The molecule has 3 amide bonds. The zero-order chi connectivity index (χ0) is 25.0. The van der Waals surface area contributed by atoms with Crippen molar-refractivity contribution in [1.29, 1.82) is 0 Å². The van der Waals surface area contributed by atoms with Gasteiger partial charge in [-0.3, -0.25) is 14.4 Å². The molecule has 3 N–H and O–H groups in total. The van der Waals surface area contributed by atoms with Crippen LogP contribution in [0.5, 0.6) is 0 Å². The lowest BCUT2D eigenvalue weighted by Gasteiger charge is -2.19. The molecule has 0 saturated carbocycles. The van der Waals surface area contributed by atoms with Gasteiger partial charge in [0.15, 0.2) is 0 Å². The SMILES string of the molecule is CCN(CC)C(=O)c1cccc(NCC(=O)Nc2ccc(NC(=O)CCc3ccccc3)cc2)c1. The van der Waals surface area contributed by atoms with Crippen molar-refractivity contribution in [3.05, 3.63) is 90.0 Å². The van der Waals surface area contributed by atoms with Crippen molar-refractivity contribution in [3.8, 4) is 0 Å². The topological polar surface area (TPSA) is 90.5 Å². The number of anilines is 3. The van der Waals surface area contributed by atoms with E-state index < -0.39 is 0 Å². The summed E-state index contributed by atoms with van der Waals surface area (Å²) in [6, 6.07) is 24.0. The molecule has 0 unspecified atom stereocenters. The van der Waals surface area contributed by atoms with E-state index in [4.69, 9.17) is 0 Å². The Balaban J connectivity index is 1.45. The second-order valence-electron chi connectivity index (χ2n) is 8.07. The van der Waals surface area contributed by atoms with Gasteiger partial charge in [-0.25, -0.2) is 0 Å². The highest BCUT2D eigenvalue weighted by molar-refractivity contribution is 5.96. The summed E-state index contributed by atoms with van der Waals surface area (Å²) in [6.07, 6.45) is 1.08. The van der Waals surface area contributed by atoms with E-state index >= 15 is 0 Å². The highest BCUT2D eigenvalue weighted by atomic mass is 16.2. The van der Waals surface area contributed by atoms with Gasteiger partial charge in [0, 0.05) is 42.1 Å². The van der Waals surface area contributed by atoms with Crippen molar-refractivity contribution in [2.75, 3.05) is 35.6 Å². The van der Waals surface area contributed by atoms with Crippen molar-refractivity contribution in [3.63, 3.8) is 0 Å². The maximum atomic E-state index is 12.5. The Labute approximate surface area is 206 Å². The van der Waals surface area contributed by atoms with Crippen LogP contribution in [0.25, 0.3) is 0 Å². The van der Waals surface area contributed by atoms with Crippen molar-refractivity contribution < 1.29 is 14.4 Å². The molecular weight excluding hydrogens is 440 g/mol. The summed E-state index contributed by atoms with van der Waals surface area (Å²) in [5.41, 5.74) is 3.71. The molecule has 7 nitrogen and oxygen atoms in total. The van der Waals surface area contributed by atoms with E-state index in [1.54, 1.807) is 47.4 Å². The second-order valence-corrected chi connectivity index (χ2v) is 8.07. The first-order valence-corrected chi connectivity index (χ1v) is 11.9. The number of amides is 3. The molecule has 3 rings (SSSR count). The van der Waals surface area contributed by atoms with Crippen molar-refractivity contribution >= 4 is 34.8 Å². The standard InChI is InChI=1S/C28H32N4O3/c1-3-32(4-2)28(35)22-11-8-12-25(19-22)29-20-27(34)31-24-16-14-23(15-17-24)30-26(33)18-13-21-9-6-5-7-10-21/h5-12,14-17,19,29H,3-4,13,18,20H2,1-2H3,(H,30,33)(H,31,34). The van der Waals surface area contributed by atoms with E-state index in [-0.39, 0.29) is 24.3 Å². The molecule has 182 valence electrons. The van der Waals surface area contributed by atoms with Gasteiger partial charge in [-0.05, 0) is 68.3 Å². The molecule has 7 heteroatoms. The van der Waals surface area contributed by atoms with Gasteiger partial charge in [0.2, 0.25) is 11.8 Å². The normalized spacial score (nSPS) is 10.3. The van der Waals surface area contributed by atoms with E-state index in [1.807, 2.05) is 50.2 Å². The first-order valence-electron chi connectivity index (χ1n) is 11.9. The minimum Gasteiger partial charge on any atom is -0.376 e. The molecule has 0 saturated heterocycles. The summed E-state index contributed by atoms with van der Waals surface area (Å²) in [6.45, 7) is 5.23. The summed E-state index contributed by atoms with van der Waals surface area (Å²) in [5, 5.41) is 8.76. The van der Waals surface area contributed by atoms with Crippen LogP contribution in [0, 0.1) is 0 Å². The third kappa shape index (κ3) is 7.99. The molecule has 0 heterocycles. The molecule has 0 aliphatic carbocycles. The Morgan fingerprint density at radius 1 is 0.714 bits per heavy atom. The van der Waals surface area contributed by atoms with Crippen LogP contribution in [0.4, 0.5) is 17.1 Å². The van der Waals surface area contributed by atoms with Crippen LogP contribution in [-0.2, 0) is 16.0 Å². The van der Waals surface area contributed by atoms with Crippen LogP contribution in [0.3, 0.4) is 0 Å². The van der Waals surface area contributed by atoms with Gasteiger partial charge in [-0.1, -0.05) is 36.4 Å². The third-order valence-corrected chi connectivity index (χ3v) is 5.55. The minimum absolute atomic E-state index is 0.0321. The number of benzene rings is 3. The molecule has 0 atom stereocenters. The lowest BCUT2D eigenvalue weighted by atomic mass is 10.1. The first kappa shape index (κ1) is 25.5. The number of hydrogen-bond donors (Lipinski definition) is 3. The fourth-order valence-electron chi connectivity index (χ4n) is 3.61. The van der Waals surface area contributed by atoms with Crippen LogP contribution >= 0.6 is 0 Å². The van der Waals surface area contributed by atoms with Gasteiger partial charge in [0.1, 0.15) is 0 Å². The van der Waals surface area contributed by atoms with E-state index in [0.717, 1.165) is 5.56 Å². The van der Waals surface area contributed by atoms with E-state index in [1.165, 1.54) is 0 Å². The van der Waals surface area contributed by atoms with Gasteiger partial charge in [-0.2, -0.15) is 0 Å². The Bertz CT molecular complexity index is 1130. The first-order chi connectivity index (χ1) is 17.0. The maximum Gasteiger partial charge on any atom is 0.253 e. The zero-order valence-electron chi connectivity index (χ0n) is 20.2. The van der Waals surface area contributed by atoms with E-state index in [9.17, 15) is 14.4 Å². The smallest absolute Gasteiger partial charge is 0.253 e. The summed E-state index contributed by atoms with van der Waals surface area (Å²) in [7, 11) is 0. The summed E-state index contributed by atoms with van der Waals surface area (Å²) in [5.74, 6) is -0.308. The summed E-state index contributed by atoms with van der Waals surface area (Å²) >= 11 is 0. The number of rotatable bonds is 11. The Morgan fingerprint density at radius 3 is 1.97 bits per heavy atom. The van der Waals surface area contributed by atoms with Gasteiger partial charge in [0.25, 0.3) is 5.91 Å². The van der Waals surface area contributed by atoms with Crippen LogP contribution in [0.15, 0.2) is 78.9 Å². The largest absolute Gasteiger partial charge is 0.376 e. The molecule has 0 aliphatic heterocycles. The summed E-state index contributed by atoms with van der Waals surface area (Å²) < 4.78 is 0. The lowest BCUT2D eigenvalue weighted by molar-refractivity contribution is -0.116. The molecule has 0 aromatic heterocycles. The predicted molar refractivity (Wildman–Crippen MR) is 141 cm³/mol. The monoisotopic (exact) mass is 472 g/mol. The fraction of sp³-hybridized carbons (Fsp3) is 0.250. The number of nitrogens with one attached hydrogen (secondary N) is 3. The average molecular weight is 473 g/mol. The minimum atomic E-state index is -0.217. The van der Waals surface area contributed by atoms with Gasteiger partial charge in [0.05, 0.1) is 6.54 Å². The van der Waals surface area contributed by atoms with Gasteiger partial charge < -0.3 is 20.9 Å². The quantitative estimate of drug-likeness (QED) is 0.374. The molecular formula is C28H32N4O3. The lowest BCUT2D eigenvalue weighted by Crippen LogP contribution is -2.30. The number of nitrogens with zero attached hydrogens (tertiary/aromatic N) is 1. The molecule has 0 aliphatic rings. The number of carbonyl (C=O) groups excluding carboxylic acids is 3. The summed E-state index contributed by atoms with van der Waals surface area (Å²) in [4.78, 5) is 38.8. The molecule has 0 spiro atoms. The Morgan fingerprint density at radius 2 is 1.34 bits per heavy atom. The molecule has 35 heavy (non-hydrogen) atoms. The molecule has 0 fully saturated rings. The molecule has 0 bridgehead atoms. The predicted octanol–water partition coefficient (Wildman–Crippen LogP) is 4.79. The van der Waals surface area contributed by atoms with Crippen LogP contribution < -0.4 is 16.0 Å². The number of hydrogen-bond acceptors (Lipinski definition) is 4. The zero-order valence-corrected chi connectivity index (χ0v) is 20.2.